The van der Waals surface area contributed by atoms with Gasteiger partial charge in [0, 0.05) is 33.7 Å². The van der Waals surface area contributed by atoms with Crippen molar-refractivity contribution < 1.29 is 9.53 Å². The van der Waals surface area contributed by atoms with Crippen LogP contribution in [-0.2, 0) is 0 Å². The van der Waals surface area contributed by atoms with Gasteiger partial charge in [-0.3, -0.25) is 4.79 Å². The van der Waals surface area contributed by atoms with Crippen molar-refractivity contribution in [3.8, 4) is 5.88 Å². The Morgan fingerprint density at radius 1 is 1.26 bits per heavy atom. The zero-order chi connectivity index (χ0) is 16.2. The van der Waals surface area contributed by atoms with Gasteiger partial charge in [-0.2, -0.15) is 11.8 Å². The van der Waals surface area contributed by atoms with Crippen LogP contribution in [0.4, 0.5) is 5.69 Å². The molecule has 7 heteroatoms. The van der Waals surface area contributed by atoms with Gasteiger partial charge in [0.15, 0.2) is 0 Å². The SMILES string of the molecule is O=C(Nc1cc(Cl)cc(Cl)c1)c1ccc(OC2CCSC2)nc1. The normalized spacial score (nSPS) is 17.0. The predicted octanol–water partition coefficient (Wildman–Crippen LogP) is 4.53. The Morgan fingerprint density at radius 3 is 2.65 bits per heavy atom. The predicted molar refractivity (Wildman–Crippen MR) is 95.0 cm³/mol. The molecule has 0 saturated carbocycles. The number of hydrogen-bond donors (Lipinski definition) is 1. The van der Waals surface area contributed by atoms with Crippen LogP contribution >= 0.6 is 35.0 Å². The molecule has 120 valence electrons. The molecule has 0 spiro atoms. The molecule has 2 heterocycles. The molecule has 1 aliphatic heterocycles. The molecule has 1 amide bonds. The number of pyridine rings is 1. The standard InChI is InChI=1S/C16H14Cl2N2O2S/c17-11-5-12(18)7-13(6-11)20-16(21)10-1-2-15(19-8-10)22-14-3-4-23-9-14/h1-2,5-8,14H,3-4,9H2,(H,20,21). The molecule has 4 nitrogen and oxygen atoms in total. The summed E-state index contributed by atoms with van der Waals surface area (Å²) in [4.78, 5) is 16.4. The number of aromatic nitrogens is 1. The first-order valence-corrected chi connectivity index (χ1v) is 8.99. The third-order valence-electron chi connectivity index (χ3n) is 3.29. The second-order valence-corrected chi connectivity index (χ2v) is 7.12. The van der Waals surface area contributed by atoms with Gasteiger partial charge in [-0.05, 0) is 36.4 Å². The van der Waals surface area contributed by atoms with Crippen LogP contribution in [0.3, 0.4) is 0 Å². The van der Waals surface area contributed by atoms with Crippen LogP contribution in [0.25, 0.3) is 0 Å². The topological polar surface area (TPSA) is 51.2 Å². The summed E-state index contributed by atoms with van der Waals surface area (Å²) in [6.07, 6.45) is 2.74. The van der Waals surface area contributed by atoms with Crippen molar-refractivity contribution in [2.45, 2.75) is 12.5 Å². The number of anilines is 1. The van der Waals surface area contributed by atoms with Crippen LogP contribution in [0.2, 0.25) is 10.0 Å². The second kappa shape index (κ2) is 7.43. The van der Waals surface area contributed by atoms with E-state index >= 15 is 0 Å². The highest BCUT2D eigenvalue weighted by molar-refractivity contribution is 7.99. The number of ether oxygens (including phenoxy) is 1. The van der Waals surface area contributed by atoms with E-state index in [4.69, 9.17) is 27.9 Å². The maximum Gasteiger partial charge on any atom is 0.257 e. The molecule has 1 saturated heterocycles. The van der Waals surface area contributed by atoms with Crippen LogP contribution in [0, 0.1) is 0 Å². The van der Waals surface area contributed by atoms with Gasteiger partial charge in [0.1, 0.15) is 6.10 Å². The summed E-state index contributed by atoms with van der Waals surface area (Å²) in [5.74, 6) is 2.37. The summed E-state index contributed by atoms with van der Waals surface area (Å²) >= 11 is 13.7. The molecule has 2 aromatic rings. The Balaban J connectivity index is 1.65. The zero-order valence-electron chi connectivity index (χ0n) is 12.1. The number of halogens is 2. The summed E-state index contributed by atoms with van der Waals surface area (Å²) in [5, 5.41) is 3.66. The molecule has 1 aromatic carbocycles. The van der Waals surface area contributed by atoms with Crippen molar-refractivity contribution >= 4 is 46.6 Å². The van der Waals surface area contributed by atoms with E-state index in [9.17, 15) is 4.79 Å². The number of thioether (sulfide) groups is 1. The van der Waals surface area contributed by atoms with E-state index in [1.54, 1.807) is 30.3 Å². The van der Waals surface area contributed by atoms with Crippen LogP contribution < -0.4 is 10.1 Å². The molecule has 23 heavy (non-hydrogen) atoms. The Kier molecular flexibility index (Phi) is 5.30. The van der Waals surface area contributed by atoms with E-state index in [-0.39, 0.29) is 12.0 Å². The van der Waals surface area contributed by atoms with Crippen molar-refractivity contribution in [3.05, 3.63) is 52.1 Å². The van der Waals surface area contributed by atoms with E-state index in [1.165, 1.54) is 6.20 Å². The maximum atomic E-state index is 12.2. The molecular formula is C16H14Cl2N2O2S. The average molecular weight is 369 g/mol. The van der Waals surface area contributed by atoms with Crippen molar-refractivity contribution in [2.75, 3.05) is 16.8 Å². The van der Waals surface area contributed by atoms with Crippen molar-refractivity contribution in [3.63, 3.8) is 0 Å². The number of carbonyl (C=O) groups is 1. The first-order chi connectivity index (χ1) is 11.1. The molecule has 1 aliphatic rings. The molecule has 1 fully saturated rings. The van der Waals surface area contributed by atoms with Crippen LogP contribution in [0.15, 0.2) is 36.5 Å². The first kappa shape index (κ1) is 16.4. The maximum absolute atomic E-state index is 12.2. The highest BCUT2D eigenvalue weighted by atomic mass is 35.5. The summed E-state index contributed by atoms with van der Waals surface area (Å²) in [6.45, 7) is 0. The third kappa shape index (κ3) is 4.53. The van der Waals surface area contributed by atoms with Crippen molar-refractivity contribution in [1.82, 2.24) is 4.98 Å². The fourth-order valence-electron chi connectivity index (χ4n) is 2.19. The molecular weight excluding hydrogens is 355 g/mol. The second-order valence-electron chi connectivity index (χ2n) is 5.10. The summed E-state index contributed by atoms with van der Waals surface area (Å²) in [7, 11) is 0. The Morgan fingerprint density at radius 2 is 2.04 bits per heavy atom. The fourth-order valence-corrected chi connectivity index (χ4v) is 3.81. The van der Waals surface area contributed by atoms with Gasteiger partial charge in [-0.15, -0.1) is 0 Å². The van der Waals surface area contributed by atoms with Crippen molar-refractivity contribution in [2.24, 2.45) is 0 Å². The molecule has 0 bridgehead atoms. The Bertz CT molecular complexity index is 683. The number of carbonyl (C=O) groups excluding carboxylic acids is 1. The van der Waals surface area contributed by atoms with Gasteiger partial charge >= 0.3 is 0 Å². The summed E-state index contributed by atoms with van der Waals surface area (Å²) in [6, 6.07) is 8.27. The van der Waals surface area contributed by atoms with Gasteiger partial charge < -0.3 is 10.1 Å². The molecule has 1 N–H and O–H groups in total. The Hall–Kier alpha value is -1.43. The quantitative estimate of drug-likeness (QED) is 0.861. The Labute approximate surface area is 148 Å². The van der Waals surface area contributed by atoms with E-state index in [2.05, 4.69) is 10.3 Å². The van der Waals surface area contributed by atoms with Crippen LogP contribution in [0.5, 0.6) is 5.88 Å². The first-order valence-electron chi connectivity index (χ1n) is 7.08. The number of nitrogens with zero attached hydrogens (tertiary/aromatic N) is 1. The summed E-state index contributed by atoms with van der Waals surface area (Å²) < 4.78 is 5.76. The van der Waals surface area contributed by atoms with Gasteiger partial charge in [0.2, 0.25) is 5.88 Å². The largest absolute Gasteiger partial charge is 0.473 e. The lowest BCUT2D eigenvalue weighted by Crippen LogP contribution is -2.16. The van der Waals surface area contributed by atoms with Crippen LogP contribution in [-0.4, -0.2) is 28.5 Å². The number of amides is 1. The number of benzene rings is 1. The zero-order valence-corrected chi connectivity index (χ0v) is 14.4. The van der Waals surface area contributed by atoms with E-state index in [1.807, 2.05) is 11.8 Å². The number of hydrogen-bond acceptors (Lipinski definition) is 4. The van der Waals surface area contributed by atoms with Crippen molar-refractivity contribution in [1.29, 1.82) is 0 Å². The molecule has 0 radical (unpaired) electrons. The lowest BCUT2D eigenvalue weighted by molar-refractivity contribution is 0.102. The molecule has 1 unspecified atom stereocenters. The smallest absolute Gasteiger partial charge is 0.257 e. The van der Waals surface area contributed by atoms with Gasteiger partial charge in [0.25, 0.3) is 5.91 Å². The fraction of sp³-hybridized carbons (Fsp3) is 0.250. The minimum Gasteiger partial charge on any atom is -0.473 e. The minimum atomic E-state index is -0.279. The lowest BCUT2D eigenvalue weighted by atomic mass is 10.2. The van der Waals surface area contributed by atoms with Gasteiger partial charge in [-0.1, -0.05) is 23.2 Å². The lowest BCUT2D eigenvalue weighted by Gasteiger charge is -2.11. The average Bonchev–Trinajstić information content (AvgIpc) is 3.00. The highest BCUT2D eigenvalue weighted by Gasteiger charge is 2.17. The molecule has 1 aromatic heterocycles. The van der Waals surface area contributed by atoms with Crippen LogP contribution in [0.1, 0.15) is 16.8 Å². The van der Waals surface area contributed by atoms with Gasteiger partial charge in [0.05, 0.1) is 5.56 Å². The van der Waals surface area contributed by atoms with E-state index in [0.717, 1.165) is 17.9 Å². The van der Waals surface area contributed by atoms with E-state index < -0.39 is 0 Å². The molecule has 3 rings (SSSR count). The molecule has 1 atom stereocenters. The monoisotopic (exact) mass is 368 g/mol. The molecule has 0 aliphatic carbocycles. The van der Waals surface area contributed by atoms with Gasteiger partial charge in [-0.25, -0.2) is 4.98 Å². The minimum absolute atomic E-state index is 0.209. The summed E-state index contributed by atoms with van der Waals surface area (Å²) in [5.41, 5.74) is 0.977. The van der Waals surface area contributed by atoms with E-state index in [0.29, 0.717) is 27.2 Å². The number of nitrogens with one attached hydrogen (secondary N) is 1. The third-order valence-corrected chi connectivity index (χ3v) is 4.86. The highest BCUT2D eigenvalue weighted by Crippen LogP contribution is 2.24. The number of rotatable bonds is 4.